The van der Waals surface area contributed by atoms with Crippen LogP contribution in [0.2, 0.25) is 0 Å². The number of carbonyl (C=O) groups excluding carboxylic acids is 2. The Morgan fingerprint density at radius 2 is 1.38 bits per heavy atom. The molecule has 4 rings (SSSR count). The van der Waals surface area contributed by atoms with E-state index < -0.39 is 0 Å². The first-order valence-corrected chi connectivity index (χ1v) is 11.2. The second-order valence-electron chi connectivity index (χ2n) is 9.23. The number of allylic oxidation sites excluding steroid dienone is 1. The highest BCUT2D eigenvalue weighted by molar-refractivity contribution is 7.27. The van der Waals surface area contributed by atoms with E-state index in [0.29, 0.717) is 11.1 Å². The van der Waals surface area contributed by atoms with E-state index in [-0.39, 0.29) is 22.6 Å². The van der Waals surface area contributed by atoms with E-state index in [2.05, 4.69) is 84.3 Å². The Morgan fingerprint density at radius 3 is 1.90 bits per heavy atom. The first-order valence-electron chi connectivity index (χ1n) is 9.54. The van der Waals surface area contributed by atoms with Gasteiger partial charge in [0.15, 0.2) is 0 Å². The third-order valence-corrected chi connectivity index (χ3v) is 7.47. The van der Waals surface area contributed by atoms with Gasteiger partial charge in [0.25, 0.3) is 11.8 Å². The summed E-state index contributed by atoms with van der Waals surface area (Å²) in [6.07, 6.45) is 4.30. The van der Waals surface area contributed by atoms with Crippen molar-refractivity contribution < 1.29 is 9.59 Å². The van der Waals surface area contributed by atoms with Crippen LogP contribution in [0.4, 0.5) is 0 Å². The molecule has 3 nitrogen and oxygen atoms in total. The number of carbonyl (C=O) groups is 2. The largest absolute Gasteiger partial charge is 0.288 e. The van der Waals surface area contributed by atoms with Crippen LogP contribution in [0.3, 0.4) is 0 Å². The van der Waals surface area contributed by atoms with Crippen LogP contribution in [-0.2, 0) is 5.41 Å². The van der Waals surface area contributed by atoms with Crippen molar-refractivity contribution in [3.63, 3.8) is 0 Å². The number of thiophene rings is 2. The topological polar surface area (TPSA) is 46.2 Å². The minimum atomic E-state index is -0.283. The SMILES string of the molecule is C=C.CC(C)(C)/C=C/c1cc2c3c(c4cc(C(C)(C)C)sc4c2s1)C(=O)NC3=O. The lowest BCUT2D eigenvalue weighted by molar-refractivity contribution is 0.0880. The Morgan fingerprint density at radius 1 is 0.862 bits per heavy atom. The maximum atomic E-state index is 12.5. The second kappa shape index (κ2) is 7.22. The van der Waals surface area contributed by atoms with Crippen molar-refractivity contribution in [1.29, 1.82) is 0 Å². The molecule has 1 aliphatic rings. The summed E-state index contributed by atoms with van der Waals surface area (Å²) >= 11 is 3.43. The first kappa shape index (κ1) is 21.5. The van der Waals surface area contributed by atoms with Gasteiger partial charge in [0.2, 0.25) is 0 Å². The Balaban J connectivity index is 0.00000117. The highest BCUT2D eigenvalue weighted by Gasteiger charge is 2.34. The Hall–Kier alpha value is -2.24. The molecule has 0 fully saturated rings. The van der Waals surface area contributed by atoms with E-state index in [1.807, 2.05) is 0 Å². The molecule has 5 heteroatoms. The predicted molar refractivity (Wildman–Crippen MR) is 127 cm³/mol. The molecule has 2 amide bonds. The molecule has 152 valence electrons. The number of benzene rings is 1. The van der Waals surface area contributed by atoms with Crippen molar-refractivity contribution in [3.05, 3.63) is 52.2 Å². The van der Waals surface area contributed by atoms with Gasteiger partial charge in [-0.2, -0.15) is 0 Å². The predicted octanol–water partition coefficient (Wildman–Crippen LogP) is 7.16. The van der Waals surface area contributed by atoms with Gasteiger partial charge in [0, 0.05) is 20.5 Å². The monoisotopic (exact) mass is 425 g/mol. The zero-order valence-corrected chi connectivity index (χ0v) is 19.5. The summed E-state index contributed by atoms with van der Waals surface area (Å²) in [5, 5.41) is 4.29. The summed E-state index contributed by atoms with van der Waals surface area (Å²) < 4.78 is 2.21. The van der Waals surface area contributed by atoms with Crippen LogP contribution >= 0.6 is 22.7 Å². The smallest absolute Gasteiger partial charge is 0.259 e. The van der Waals surface area contributed by atoms with Gasteiger partial charge in [-0.3, -0.25) is 14.9 Å². The summed E-state index contributed by atoms with van der Waals surface area (Å²) in [6.45, 7) is 19.0. The fourth-order valence-electron chi connectivity index (χ4n) is 3.26. The molecule has 1 aliphatic heterocycles. The third-order valence-electron chi connectivity index (χ3n) is 4.65. The normalized spacial score (nSPS) is 14.4. The van der Waals surface area contributed by atoms with Crippen LogP contribution in [0.5, 0.6) is 0 Å². The average molecular weight is 426 g/mol. The van der Waals surface area contributed by atoms with Gasteiger partial charge in [-0.15, -0.1) is 35.8 Å². The Labute approximate surface area is 180 Å². The fourth-order valence-corrected chi connectivity index (χ4v) is 5.71. The lowest BCUT2D eigenvalue weighted by Crippen LogP contribution is -2.20. The Bertz CT molecular complexity index is 1160. The van der Waals surface area contributed by atoms with Gasteiger partial charge in [-0.1, -0.05) is 47.6 Å². The average Bonchev–Trinajstić information content (AvgIpc) is 3.28. The molecule has 1 N–H and O–H groups in total. The lowest BCUT2D eigenvalue weighted by Gasteiger charge is -2.14. The van der Waals surface area contributed by atoms with E-state index in [1.165, 1.54) is 4.88 Å². The van der Waals surface area contributed by atoms with Crippen LogP contribution in [0, 0.1) is 5.41 Å². The fraction of sp³-hybridized carbons (Fsp3) is 0.333. The molecule has 3 heterocycles. The highest BCUT2D eigenvalue weighted by Crippen LogP contribution is 2.46. The van der Waals surface area contributed by atoms with Gasteiger partial charge in [0.1, 0.15) is 0 Å². The number of fused-ring (bicyclic) bond motifs is 6. The molecule has 29 heavy (non-hydrogen) atoms. The molecule has 2 aromatic heterocycles. The summed E-state index contributed by atoms with van der Waals surface area (Å²) in [4.78, 5) is 27.4. The third kappa shape index (κ3) is 3.81. The molecular formula is C24H27NO2S2. The van der Waals surface area contributed by atoms with Gasteiger partial charge < -0.3 is 0 Å². The molecule has 0 saturated carbocycles. The minimum absolute atomic E-state index is 0.00574. The molecule has 1 aromatic carbocycles. The first-order chi connectivity index (χ1) is 13.5. The quantitative estimate of drug-likeness (QED) is 0.332. The van der Waals surface area contributed by atoms with Gasteiger partial charge in [0.05, 0.1) is 20.5 Å². The van der Waals surface area contributed by atoms with Crippen LogP contribution in [0.1, 0.15) is 72.0 Å². The van der Waals surface area contributed by atoms with E-state index in [1.54, 1.807) is 22.7 Å². The van der Waals surface area contributed by atoms with Gasteiger partial charge in [-0.25, -0.2) is 0 Å². The molecular weight excluding hydrogens is 398 g/mol. The Kier molecular flexibility index (Phi) is 5.35. The van der Waals surface area contributed by atoms with Crippen LogP contribution < -0.4 is 5.32 Å². The zero-order chi connectivity index (χ0) is 21.7. The molecule has 0 spiro atoms. The highest BCUT2D eigenvalue weighted by atomic mass is 32.1. The van der Waals surface area contributed by atoms with Gasteiger partial charge in [-0.05, 0) is 29.0 Å². The van der Waals surface area contributed by atoms with E-state index >= 15 is 0 Å². The lowest BCUT2D eigenvalue weighted by atomic mass is 9.93. The number of imide groups is 1. The molecule has 0 saturated heterocycles. The van der Waals surface area contributed by atoms with Crippen molar-refractivity contribution in [2.45, 2.75) is 47.0 Å². The van der Waals surface area contributed by atoms with E-state index in [9.17, 15) is 9.59 Å². The zero-order valence-electron chi connectivity index (χ0n) is 17.9. The second-order valence-corrected chi connectivity index (χ2v) is 11.4. The number of nitrogens with one attached hydrogen (secondary N) is 1. The summed E-state index contributed by atoms with van der Waals surface area (Å²) in [5.74, 6) is -0.562. The standard InChI is InChI=1S/C22H23NO2S2.C2H4/c1-21(2,3)8-7-11-9-12-15-16(20(25)23-19(15)24)13-10-14(22(4,5)6)27-18(13)17(12)26-11;1-2/h7-10H,1-6H3,(H,23,24,25);1-2H2/b8-7+;. The molecule has 0 atom stereocenters. The molecule has 0 bridgehead atoms. The van der Waals surface area contributed by atoms with E-state index in [4.69, 9.17) is 0 Å². The molecule has 0 unspecified atom stereocenters. The van der Waals surface area contributed by atoms with Crippen molar-refractivity contribution in [1.82, 2.24) is 5.32 Å². The van der Waals surface area contributed by atoms with Crippen molar-refractivity contribution in [3.8, 4) is 0 Å². The summed E-state index contributed by atoms with van der Waals surface area (Å²) in [6, 6.07) is 4.15. The summed E-state index contributed by atoms with van der Waals surface area (Å²) in [5.41, 5.74) is 1.16. The van der Waals surface area contributed by atoms with Crippen LogP contribution in [0.25, 0.3) is 26.2 Å². The maximum absolute atomic E-state index is 12.5. The van der Waals surface area contributed by atoms with Crippen LogP contribution in [0.15, 0.2) is 31.4 Å². The number of amides is 2. The molecule has 0 radical (unpaired) electrons. The van der Waals surface area contributed by atoms with Crippen molar-refractivity contribution >= 4 is 60.7 Å². The maximum Gasteiger partial charge on any atom is 0.259 e. The van der Waals surface area contributed by atoms with Crippen molar-refractivity contribution in [2.75, 3.05) is 0 Å². The van der Waals surface area contributed by atoms with Crippen molar-refractivity contribution in [2.24, 2.45) is 5.41 Å². The summed E-state index contributed by atoms with van der Waals surface area (Å²) in [7, 11) is 0. The van der Waals surface area contributed by atoms with Gasteiger partial charge >= 0.3 is 0 Å². The molecule has 3 aromatic rings. The molecule has 0 aliphatic carbocycles. The van der Waals surface area contributed by atoms with E-state index in [0.717, 1.165) is 25.0 Å². The number of hydrogen-bond donors (Lipinski definition) is 1. The van der Waals surface area contributed by atoms with Crippen LogP contribution in [-0.4, -0.2) is 11.8 Å². The number of rotatable bonds is 1. The number of hydrogen-bond acceptors (Lipinski definition) is 4. The minimum Gasteiger partial charge on any atom is -0.288 e.